The van der Waals surface area contributed by atoms with E-state index in [1.165, 1.54) is 22.5 Å². The fourth-order valence-electron chi connectivity index (χ4n) is 2.16. The highest BCUT2D eigenvalue weighted by molar-refractivity contribution is 7.89. The van der Waals surface area contributed by atoms with Crippen molar-refractivity contribution >= 4 is 15.9 Å². The first-order valence-electron chi connectivity index (χ1n) is 5.96. The van der Waals surface area contributed by atoms with Crippen molar-refractivity contribution < 1.29 is 17.6 Å². The van der Waals surface area contributed by atoms with Gasteiger partial charge in [-0.05, 0) is 31.0 Å². The van der Waals surface area contributed by atoms with Crippen LogP contribution in [0.4, 0.5) is 4.39 Å². The Labute approximate surface area is 111 Å². The molecule has 1 aliphatic heterocycles. The number of carbonyl (C=O) groups is 1. The maximum Gasteiger partial charge on any atom is 0.243 e. The molecule has 1 amide bonds. The van der Waals surface area contributed by atoms with Crippen LogP contribution >= 0.6 is 0 Å². The molecule has 1 fully saturated rings. The van der Waals surface area contributed by atoms with E-state index in [0.717, 1.165) is 6.07 Å². The minimum absolute atomic E-state index is 0.0648. The Kier molecular flexibility index (Phi) is 3.86. The number of primary amides is 1. The molecule has 0 atom stereocenters. The van der Waals surface area contributed by atoms with E-state index in [2.05, 4.69) is 0 Å². The summed E-state index contributed by atoms with van der Waals surface area (Å²) >= 11 is 0. The fraction of sp³-hybridized carbons (Fsp3) is 0.417. The predicted molar refractivity (Wildman–Crippen MR) is 67.1 cm³/mol. The third kappa shape index (κ3) is 2.93. The van der Waals surface area contributed by atoms with Gasteiger partial charge in [-0.25, -0.2) is 12.8 Å². The minimum Gasteiger partial charge on any atom is -0.369 e. The van der Waals surface area contributed by atoms with Crippen LogP contribution in [0.5, 0.6) is 0 Å². The number of halogens is 1. The molecule has 0 unspecified atom stereocenters. The van der Waals surface area contributed by atoms with Crippen molar-refractivity contribution in [3.63, 3.8) is 0 Å². The number of amides is 1. The van der Waals surface area contributed by atoms with Gasteiger partial charge in [-0.2, -0.15) is 4.31 Å². The molecule has 7 heteroatoms. The van der Waals surface area contributed by atoms with Gasteiger partial charge in [0.25, 0.3) is 0 Å². The zero-order valence-corrected chi connectivity index (χ0v) is 11.1. The average molecular weight is 286 g/mol. The SMILES string of the molecule is NC(=O)C1CCN(S(=O)(=O)c2cccc(F)c2)CC1. The Morgan fingerprint density at radius 3 is 2.47 bits per heavy atom. The van der Waals surface area contributed by atoms with E-state index in [0.29, 0.717) is 12.8 Å². The van der Waals surface area contributed by atoms with Crippen LogP contribution in [0.1, 0.15) is 12.8 Å². The predicted octanol–water partition coefficient (Wildman–Crippen LogP) is 0.712. The summed E-state index contributed by atoms with van der Waals surface area (Å²) in [4.78, 5) is 11.0. The van der Waals surface area contributed by atoms with Crippen LogP contribution in [-0.2, 0) is 14.8 Å². The molecule has 2 rings (SSSR count). The van der Waals surface area contributed by atoms with Crippen LogP contribution in [0.15, 0.2) is 29.2 Å². The van der Waals surface area contributed by atoms with E-state index >= 15 is 0 Å². The zero-order chi connectivity index (χ0) is 14.0. The van der Waals surface area contributed by atoms with Gasteiger partial charge in [-0.3, -0.25) is 4.79 Å². The van der Waals surface area contributed by atoms with Crippen molar-refractivity contribution in [3.8, 4) is 0 Å². The van der Waals surface area contributed by atoms with Crippen molar-refractivity contribution in [2.24, 2.45) is 11.7 Å². The smallest absolute Gasteiger partial charge is 0.243 e. The number of hydrogen-bond donors (Lipinski definition) is 1. The Hall–Kier alpha value is -1.47. The summed E-state index contributed by atoms with van der Waals surface area (Å²) in [6, 6.07) is 4.91. The van der Waals surface area contributed by atoms with E-state index in [-0.39, 0.29) is 23.9 Å². The molecule has 0 bridgehead atoms. The maximum atomic E-state index is 13.1. The lowest BCUT2D eigenvalue weighted by Crippen LogP contribution is -2.41. The van der Waals surface area contributed by atoms with E-state index in [9.17, 15) is 17.6 Å². The second kappa shape index (κ2) is 5.26. The summed E-state index contributed by atoms with van der Waals surface area (Å²) in [5.41, 5.74) is 5.20. The van der Waals surface area contributed by atoms with Crippen LogP contribution in [0.25, 0.3) is 0 Å². The van der Waals surface area contributed by atoms with Gasteiger partial charge >= 0.3 is 0 Å². The number of rotatable bonds is 3. The standard InChI is InChI=1S/C12H15FN2O3S/c13-10-2-1-3-11(8-10)19(17,18)15-6-4-9(5-7-15)12(14)16/h1-3,8-9H,4-7H2,(H2,14,16). The highest BCUT2D eigenvalue weighted by atomic mass is 32.2. The lowest BCUT2D eigenvalue weighted by molar-refractivity contribution is -0.122. The number of sulfonamides is 1. The molecule has 1 aromatic carbocycles. The first-order chi connectivity index (χ1) is 8.91. The van der Waals surface area contributed by atoms with Gasteiger partial charge in [0.15, 0.2) is 0 Å². The molecule has 1 heterocycles. The molecule has 5 nitrogen and oxygen atoms in total. The van der Waals surface area contributed by atoms with Gasteiger partial charge in [-0.15, -0.1) is 0 Å². The van der Waals surface area contributed by atoms with Crippen molar-refractivity contribution in [1.29, 1.82) is 0 Å². The van der Waals surface area contributed by atoms with Crippen LogP contribution in [0, 0.1) is 11.7 Å². The lowest BCUT2D eigenvalue weighted by Gasteiger charge is -2.29. The summed E-state index contributed by atoms with van der Waals surface area (Å²) in [6.45, 7) is 0.457. The van der Waals surface area contributed by atoms with Crippen molar-refractivity contribution in [1.82, 2.24) is 4.31 Å². The molecule has 2 N–H and O–H groups in total. The van der Waals surface area contributed by atoms with Crippen LogP contribution in [-0.4, -0.2) is 31.7 Å². The zero-order valence-electron chi connectivity index (χ0n) is 10.3. The summed E-state index contributed by atoms with van der Waals surface area (Å²) in [5, 5.41) is 0. The molecule has 0 radical (unpaired) electrons. The Balaban J connectivity index is 2.16. The van der Waals surface area contributed by atoms with Gasteiger partial charge in [0.2, 0.25) is 15.9 Å². The molecule has 0 aliphatic carbocycles. The maximum absolute atomic E-state index is 13.1. The first-order valence-corrected chi connectivity index (χ1v) is 7.40. The average Bonchev–Trinajstić information content (AvgIpc) is 2.39. The largest absolute Gasteiger partial charge is 0.369 e. The van der Waals surface area contributed by atoms with E-state index in [1.807, 2.05) is 0 Å². The number of nitrogens with zero attached hydrogens (tertiary/aromatic N) is 1. The summed E-state index contributed by atoms with van der Waals surface area (Å²) < 4.78 is 38.9. The van der Waals surface area contributed by atoms with Crippen molar-refractivity contribution in [3.05, 3.63) is 30.1 Å². The topological polar surface area (TPSA) is 80.5 Å². The van der Waals surface area contributed by atoms with Gasteiger partial charge in [-0.1, -0.05) is 6.07 Å². The van der Waals surface area contributed by atoms with Crippen molar-refractivity contribution in [2.75, 3.05) is 13.1 Å². The van der Waals surface area contributed by atoms with Crippen LogP contribution in [0.3, 0.4) is 0 Å². The van der Waals surface area contributed by atoms with E-state index in [1.54, 1.807) is 0 Å². The number of benzene rings is 1. The first kappa shape index (κ1) is 14.0. The quantitative estimate of drug-likeness (QED) is 0.888. The monoisotopic (exact) mass is 286 g/mol. The number of nitrogens with two attached hydrogens (primary N) is 1. The Morgan fingerprint density at radius 1 is 1.32 bits per heavy atom. The fourth-order valence-corrected chi connectivity index (χ4v) is 3.66. The van der Waals surface area contributed by atoms with Crippen LogP contribution in [0.2, 0.25) is 0 Å². The third-order valence-corrected chi connectivity index (χ3v) is 5.18. The number of piperidine rings is 1. The highest BCUT2D eigenvalue weighted by Crippen LogP contribution is 2.23. The summed E-state index contributed by atoms with van der Waals surface area (Å²) in [6.07, 6.45) is 0.813. The normalized spacial score (nSPS) is 18.4. The van der Waals surface area contributed by atoms with Gasteiger partial charge in [0.1, 0.15) is 5.82 Å². The molecular formula is C12H15FN2O3S. The van der Waals surface area contributed by atoms with Gasteiger partial charge in [0.05, 0.1) is 4.90 Å². The molecule has 1 saturated heterocycles. The molecule has 104 valence electrons. The van der Waals surface area contributed by atoms with Gasteiger partial charge in [0, 0.05) is 19.0 Å². The number of hydrogen-bond acceptors (Lipinski definition) is 3. The lowest BCUT2D eigenvalue weighted by atomic mass is 9.98. The molecule has 0 aromatic heterocycles. The second-order valence-electron chi connectivity index (χ2n) is 4.54. The highest BCUT2D eigenvalue weighted by Gasteiger charge is 2.31. The minimum atomic E-state index is -3.69. The van der Waals surface area contributed by atoms with Crippen molar-refractivity contribution in [2.45, 2.75) is 17.7 Å². The summed E-state index contributed by atoms with van der Waals surface area (Å²) in [7, 11) is -3.69. The molecule has 0 saturated carbocycles. The van der Waals surface area contributed by atoms with E-state index in [4.69, 9.17) is 5.73 Å². The van der Waals surface area contributed by atoms with Crippen LogP contribution < -0.4 is 5.73 Å². The van der Waals surface area contributed by atoms with E-state index < -0.39 is 21.7 Å². The Morgan fingerprint density at radius 2 is 1.95 bits per heavy atom. The molecule has 0 spiro atoms. The van der Waals surface area contributed by atoms with Gasteiger partial charge < -0.3 is 5.73 Å². The Bertz CT molecular complexity index is 580. The second-order valence-corrected chi connectivity index (χ2v) is 6.48. The molecule has 1 aromatic rings. The molecule has 1 aliphatic rings. The summed E-state index contributed by atoms with van der Waals surface area (Å²) in [5.74, 6) is -1.27. The molecule has 19 heavy (non-hydrogen) atoms. The molecular weight excluding hydrogens is 271 g/mol. The number of carbonyl (C=O) groups excluding carboxylic acids is 1. The third-order valence-electron chi connectivity index (χ3n) is 3.29.